The van der Waals surface area contributed by atoms with E-state index in [1.165, 1.54) is 10.1 Å². The molecule has 0 radical (unpaired) electrons. The van der Waals surface area contributed by atoms with Crippen LogP contribution in [0.25, 0.3) is 21.0 Å². The zero-order chi connectivity index (χ0) is 15.6. The van der Waals surface area contributed by atoms with Gasteiger partial charge in [-0.25, -0.2) is 0 Å². The van der Waals surface area contributed by atoms with Crippen molar-refractivity contribution in [3.8, 4) is 0 Å². The summed E-state index contributed by atoms with van der Waals surface area (Å²) in [6.45, 7) is 1.22. The Morgan fingerprint density at radius 2 is 2.00 bits per heavy atom. The summed E-state index contributed by atoms with van der Waals surface area (Å²) in [6, 6.07) is 16.4. The second-order valence-corrected chi connectivity index (χ2v) is 6.70. The van der Waals surface area contributed by atoms with Crippen LogP contribution >= 0.6 is 11.3 Å². The maximum Gasteiger partial charge on any atom is 0.101 e. The molecule has 1 atom stereocenters. The van der Waals surface area contributed by atoms with Crippen LogP contribution in [0.2, 0.25) is 0 Å². The van der Waals surface area contributed by atoms with Gasteiger partial charge in [0.2, 0.25) is 0 Å². The minimum atomic E-state index is -0.492. The summed E-state index contributed by atoms with van der Waals surface area (Å²) >= 11 is 1.65. The van der Waals surface area contributed by atoms with Crippen molar-refractivity contribution >= 4 is 32.3 Å². The topological polar surface area (TPSA) is 60.9 Å². The van der Waals surface area contributed by atoms with Crippen molar-refractivity contribution in [2.75, 3.05) is 6.54 Å². The fraction of sp³-hybridized carbons (Fsp3) is 0.167. The third-order valence-electron chi connectivity index (χ3n) is 3.99. The van der Waals surface area contributed by atoms with E-state index in [0.29, 0.717) is 13.1 Å². The molecular formula is C18H17N3OS. The van der Waals surface area contributed by atoms with Crippen molar-refractivity contribution in [2.24, 2.45) is 0 Å². The lowest BCUT2D eigenvalue weighted by Crippen LogP contribution is -2.20. The molecule has 0 aliphatic heterocycles. The van der Waals surface area contributed by atoms with Gasteiger partial charge in [0.1, 0.15) is 6.10 Å². The number of nitrogens with one attached hydrogen (secondary N) is 2. The highest BCUT2D eigenvalue weighted by Crippen LogP contribution is 2.29. The van der Waals surface area contributed by atoms with Crippen LogP contribution < -0.4 is 5.32 Å². The van der Waals surface area contributed by atoms with Gasteiger partial charge >= 0.3 is 0 Å². The largest absolute Gasteiger partial charge is 0.386 e. The fourth-order valence-corrected chi connectivity index (χ4v) is 3.84. The minimum Gasteiger partial charge on any atom is -0.386 e. The summed E-state index contributed by atoms with van der Waals surface area (Å²) < 4.78 is 1.21. The summed E-state index contributed by atoms with van der Waals surface area (Å²) in [5.41, 5.74) is 2.21. The fourth-order valence-electron chi connectivity index (χ4n) is 2.79. The minimum absolute atomic E-state index is 0.492. The number of aromatic amines is 1. The van der Waals surface area contributed by atoms with Crippen LogP contribution in [0.1, 0.15) is 16.5 Å². The molecule has 0 saturated heterocycles. The molecule has 0 spiro atoms. The van der Waals surface area contributed by atoms with Gasteiger partial charge in [-0.2, -0.15) is 5.10 Å². The number of rotatable bonds is 5. The lowest BCUT2D eigenvalue weighted by molar-refractivity contribution is 0.178. The molecule has 4 nitrogen and oxygen atoms in total. The number of hydrogen-bond donors (Lipinski definition) is 3. The highest BCUT2D eigenvalue weighted by atomic mass is 32.1. The molecule has 3 N–H and O–H groups in total. The molecule has 0 fully saturated rings. The molecule has 0 aliphatic carbocycles. The van der Waals surface area contributed by atoms with Crippen molar-refractivity contribution in [1.82, 2.24) is 15.5 Å². The first-order chi connectivity index (χ1) is 11.3. The number of aliphatic hydroxyl groups excluding tert-OH is 1. The SMILES string of the molecule is OC(CNCc1cccc2cn[nH]c12)c1cc2ccccc2s1. The Labute approximate surface area is 137 Å². The molecule has 1 unspecified atom stereocenters. The van der Waals surface area contributed by atoms with Gasteiger partial charge in [0, 0.05) is 28.1 Å². The average molecular weight is 323 g/mol. The average Bonchev–Trinajstić information content (AvgIpc) is 3.21. The normalized spacial score (nSPS) is 12.9. The Morgan fingerprint density at radius 3 is 2.91 bits per heavy atom. The molecule has 4 aromatic rings. The quantitative estimate of drug-likeness (QED) is 0.526. The number of aliphatic hydroxyl groups is 1. The molecule has 2 aromatic heterocycles. The first-order valence-corrected chi connectivity index (χ1v) is 8.41. The lowest BCUT2D eigenvalue weighted by atomic mass is 10.1. The van der Waals surface area contributed by atoms with E-state index in [1.54, 1.807) is 11.3 Å². The molecule has 2 aromatic carbocycles. The Kier molecular flexibility index (Phi) is 3.83. The van der Waals surface area contributed by atoms with E-state index in [2.05, 4.69) is 39.8 Å². The van der Waals surface area contributed by atoms with Gasteiger partial charge in [0.25, 0.3) is 0 Å². The molecule has 5 heteroatoms. The number of benzene rings is 2. The van der Waals surface area contributed by atoms with Crippen LogP contribution in [0.3, 0.4) is 0 Å². The van der Waals surface area contributed by atoms with Crippen LogP contribution in [0.5, 0.6) is 0 Å². The molecule has 0 saturated carbocycles. The Bertz CT molecular complexity index is 910. The molecule has 116 valence electrons. The van der Waals surface area contributed by atoms with Crippen molar-refractivity contribution in [1.29, 1.82) is 0 Å². The molecule has 23 heavy (non-hydrogen) atoms. The van der Waals surface area contributed by atoms with Crippen molar-refractivity contribution in [3.05, 3.63) is 65.2 Å². The second kappa shape index (κ2) is 6.12. The van der Waals surface area contributed by atoms with E-state index in [9.17, 15) is 5.11 Å². The van der Waals surface area contributed by atoms with Gasteiger partial charge in [-0.3, -0.25) is 5.10 Å². The van der Waals surface area contributed by atoms with Gasteiger partial charge in [-0.1, -0.05) is 36.4 Å². The van der Waals surface area contributed by atoms with Crippen LogP contribution in [0.4, 0.5) is 0 Å². The zero-order valence-corrected chi connectivity index (χ0v) is 13.3. The Morgan fingerprint density at radius 1 is 1.13 bits per heavy atom. The Balaban J connectivity index is 1.43. The molecule has 0 aliphatic rings. The predicted octanol–water partition coefficient (Wildman–Crippen LogP) is 3.60. The van der Waals surface area contributed by atoms with Crippen LogP contribution in [0, 0.1) is 0 Å². The van der Waals surface area contributed by atoms with Crippen molar-refractivity contribution in [2.45, 2.75) is 12.6 Å². The number of fused-ring (bicyclic) bond motifs is 2. The monoisotopic (exact) mass is 323 g/mol. The summed E-state index contributed by atoms with van der Waals surface area (Å²) in [4.78, 5) is 0.999. The third-order valence-corrected chi connectivity index (χ3v) is 5.21. The standard InChI is InChI=1S/C18H17N3OS/c22-15(17-8-12-4-1-2-7-16(12)23-17)11-19-9-13-5-3-6-14-10-20-21-18(13)14/h1-8,10,15,19,22H,9,11H2,(H,20,21). The summed E-state index contributed by atoms with van der Waals surface area (Å²) in [5.74, 6) is 0. The van der Waals surface area contributed by atoms with Crippen LogP contribution in [-0.2, 0) is 6.54 Å². The van der Waals surface area contributed by atoms with E-state index in [4.69, 9.17) is 0 Å². The lowest BCUT2D eigenvalue weighted by Gasteiger charge is -2.10. The van der Waals surface area contributed by atoms with E-state index < -0.39 is 6.10 Å². The predicted molar refractivity (Wildman–Crippen MR) is 94.6 cm³/mol. The summed E-state index contributed by atoms with van der Waals surface area (Å²) in [7, 11) is 0. The van der Waals surface area contributed by atoms with Gasteiger partial charge in [0.05, 0.1) is 11.7 Å². The number of thiophene rings is 1. The number of hydrogen-bond acceptors (Lipinski definition) is 4. The number of nitrogens with zero attached hydrogens (tertiary/aromatic N) is 1. The first kappa shape index (κ1) is 14.4. The van der Waals surface area contributed by atoms with Gasteiger partial charge in [-0.15, -0.1) is 11.3 Å². The van der Waals surface area contributed by atoms with E-state index >= 15 is 0 Å². The number of H-pyrrole nitrogens is 1. The third kappa shape index (κ3) is 2.86. The van der Waals surface area contributed by atoms with Crippen LogP contribution in [-0.4, -0.2) is 21.8 Å². The van der Waals surface area contributed by atoms with E-state index in [1.807, 2.05) is 30.5 Å². The van der Waals surface area contributed by atoms with Crippen molar-refractivity contribution in [3.63, 3.8) is 0 Å². The second-order valence-electron chi connectivity index (χ2n) is 5.58. The smallest absolute Gasteiger partial charge is 0.101 e. The van der Waals surface area contributed by atoms with E-state index in [-0.39, 0.29) is 0 Å². The Hall–Kier alpha value is -2.21. The van der Waals surface area contributed by atoms with Crippen molar-refractivity contribution < 1.29 is 5.11 Å². The highest BCUT2D eigenvalue weighted by molar-refractivity contribution is 7.19. The highest BCUT2D eigenvalue weighted by Gasteiger charge is 2.11. The molecule has 4 rings (SSSR count). The first-order valence-electron chi connectivity index (χ1n) is 7.59. The summed E-state index contributed by atoms with van der Waals surface area (Å²) in [6.07, 6.45) is 1.33. The molecule has 0 amide bonds. The molecule has 0 bridgehead atoms. The zero-order valence-electron chi connectivity index (χ0n) is 12.5. The van der Waals surface area contributed by atoms with Crippen LogP contribution in [0.15, 0.2) is 54.7 Å². The number of aromatic nitrogens is 2. The molecule has 2 heterocycles. The van der Waals surface area contributed by atoms with Gasteiger partial charge in [0.15, 0.2) is 0 Å². The van der Waals surface area contributed by atoms with Gasteiger partial charge in [-0.05, 0) is 23.1 Å². The van der Waals surface area contributed by atoms with E-state index in [0.717, 1.165) is 21.3 Å². The molecular weight excluding hydrogens is 306 g/mol. The maximum atomic E-state index is 10.4. The summed E-state index contributed by atoms with van der Waals surface area (Å²) in [5, 5.41) is 23.1. The number of para-hydroxylation sites is 1. The van der Waals surface area contributed by atoms with Gasteiger partial charge < -0.3 is 10.4 Å². The maximum absolute atomic E-state index is 10.4.